The van der Waals surface area contributed by atoms with E-state index in [-0.39, 0.29) is 12.5 Å². The molecular formula is C17H23NO3. The van der Waals surface area contributed by atoms with Crippen LogP contribution in [-0.4, -0.2) is 23.5 Å². The quantitative estimate of drug-likeness (QED) is 0.811. The van der Waals surface area contributed by atoms with Crippen molar-refractivity contribution < 1.29 is 14.7 Å². The number of carbonyl (C=O) groups excluding carboxylic acids is 1. The lowest BCUT2D eigenvalue weighted by molar-refractivity contribution is -0.143. The lowest BCUT2D eigenvalue weighted by Gasteiger charge is -2.11. The first kappa shape index (κ1) is 15.5. The molecule has 0 aromatic heterocycles. The van der Waals surface area contributed by atoms with Gasteiger partial charge in [-0.15, -0.1) is 0 Å². The minimum Gasteiger partial charge on any atom is -0.481 e. The van der Waals surface area contributed by atoms with Crippen LogP contribution in [-0.2, 0) is 16.0 Å². The largest absolute Gasteiger partial charge is 0.481 e. The van der Waals surface area contributed by atoms with Crippen LogP contribution in [0, 0.1) is 5.41 Å². The fourth-order valence-corrected chi connectivity index (χ4v) is 2.30. The summed E-state index contributed by atoms with van der Waals surface area (Å²) in [5.41, 5.74) is 1.74. The Kier molecular flexibility index (Phi) is 4.66. The van der Waals surface area contributed by atoms with Gasteiger partial charge in [0.05, 0.1) is 5.41 Å². The van der Waals surface area contributed by atoms with Crippen molar-refractivity contribution in [2.24, 2.45) is 5.41 Å². The highest BCUT2D eigenvalue weighted by atomic mass is 16.4. The van der Waals surface area contributed by atoms with Crippen LogP contribution in [0.3, 0.4) is 0 Å². The maximum Gasteiger partial charge on any atom is 0.311 e. The molecule has 0 saturated heterocycles. The molecule has 114 valence electrons. The van der Waals surface area contributed by atoms with Crippen molar-refractivity contribution in [2.75, 3.05) is 6.54 Å². The second-order valence-electron chi connectivity index (χ2n) is 6.26. The van der Waals surface area contributed by atoms with E-state index in [0.717, 1.165) is 5.56 Å². The van der Waals surface area contributed by atoms with Gasteiger partial charge >= 0.3 is 5.97 Å². The van der Waals surface area contributed by atoms with Gasteiger partial charge in [-0.1, -0.05) is 38.1 Å². The Balaban J connectivity index is 1.75. The van der Waals surface area contributed by atoms with Gasteiger partial charge in [0.2, 0.25) is 5.91 Å². The molecule has 0 heterocycles. The van der Waals surface area contributed by atoms with Gasteiger partial charge < -0.3 is 10.4 Å². The van der Waals surface area contributed by atoms with Gasteiger partial charge in [0.1, 0.15) is 0 Å². The predicted octanol–water partition coefficient (Wildman–Crippen LogP) is 2.72. The Morgan fingerprint density at radius 2 is 1.86 bits per heavy atom. The van der Waals surface area contributed by atoms with E-state index in [9.17, 15) is 9.59 Å². The predicted molar refractivity (Wildman–Crippen MR) is 81.2 cm³/mol. The number of amides is 1. The van der Waals surface area contributed by atoms with Crippen LogP contribution >= 0.6 is 0 Å². The van der Waals surface area contributed by atoms with Crippen LogP contribution in [0.15, 0.2) is 24.3 Å². The van der Waals surface area contributed by atoms with E-state index in [4.69, 9.17) is 5.11 Å². The lowest BCUT2D eigenvalue weighted by Crippen LogP contribution is -2.34. The molecule has 1 amide bonds. The number of carbonyl (C=O) groups is 2. The summed E-state index contributed by atoms with van der Waals surface area (Å²) in [7, 11) is 0. The molecule has 0 unspecified atom stereocenters. The fourth-order valence-electron chi connectivity index (χ4n) is 2.30. The lowest BCUT2D eigenvalue weighted by atomic mass is 10.0. The Morgan fingerprint density at radius 1 is 1.24 bits per heavy atom. The number of aliphatic carboxylic acids is 1. The number of hydrogen-bond donors (Lipinski definition) is 2. The Morgan fingerprint density at radius 3 is 2.33 bits per heavy atom. The average Bonchev–Trinajstić information content (AvgIpc) is 3.24. The first-order chi connectivity index (χ1) is 9.93. The van der Waals surface area contributed by atoms with E-state index < -0.39 is 11.4 Å². The highest BCUT2D eigenvalue weighted by molar-refractivity contribution is 5.81. The Bertz CT molecular complexity index is 515. The molecule has 0 aliphatic heterocycles. The summed E-state index contributed by atoms with van der Waals surface area (Å²) in [6.07, 6.45) is 2.42. The topological polar surface area (TPSA) is 66.4 Å². The maximum atomic E-state index is 11.8. The number of hydrogen-bond acceptors (Lipinski definition) is 2. The SMILES string of the molecule is CC(C)c1ccc(CCC(=O)NCC2(C(=O)O)CC2)cc1. The standard InChI is InChI=1S/C17H23NO3/c1-12(2)14-6-3-13(4-7-14)5-8-15(19)18-11-17(9-10-17)16(20)21/h3-4,6-7,12H,5,8-11H2,1-2H3,(H,18,19)(H,20,21). The normalized spacial score (nSPS) is 15.8. The van der Waals surface area contributed by atoms with E-state index >= 15 is 0 Å². The third-order valence-corrected chi connectivity index (χ3v) is 4.22. The van der Waals surface area contributed by atoms with Crippen molar-refractivity contribution in [3.8, 4) is 0 Å². The van der Waals surface area contributed by atoms with Crippen molar-refractivity contribution in [1.29, 1.82) is 0 Å². The summed E-state index contributed by atoms with van der Waals surface area (Å²) in [6, 6.07) is 8.31. The number of carboxylic acid groups (broad SMARTS) is 1. The number of benzene rings is 1. The minimum absolute atomic E-state index is 0.0736. The molecule has 0 spiro atoms. The monoisotopic (exact) mass is 289 g/mol. The number of aryl methyl sites for hydroxylation is 1. The van der Waals surface area contributed by atoms with Crippen molar-refractivity contribution in [3.63, 3.8) is 0 Å². The van der Waals surface area contributed by atoms with Gasteiger partial charge in [-0.05, 0) is 36.3 Å². The molecule has 1 aliphatic carbocycles. The summed E-state index contributed by atoms with van der Waals surface area (Å²) >= 11 is 0. The van der Waals surface area contributed by atoms with Gasteiger partial charge in [-0.2, -0.15) is 0 Å². The van der Waals surface area contributed by atoms with Gasteiger partial charge in [0.15, 0.2) is 0 Å². The van der Waals surface area contributed by atoms with E-state index in [1.807, 2.05) is 0 Å². The van der Waals surface area contributed by atoms with Gasteiger partial charge in [0, 0.05) is 13.0 Å². The average molecular weight is 289 g/mol. The molecule has 4 heteroatoms. The van der Waals surface area contributed by atoms with E-state index in [2.05, 4.69) is 43.4 Å². The molecule has 1 saturated carbocycles. The zero-order valence-electron chi connectivity index (χ0n) is 12.7. The van der Waals surface area contributed by atoms with Crippen molar-refractivity contribution in [1.82, 2.24) is 5.32 Å². The molecule has 0 radical (unpaired) electrons. The summed E-state index contributed by atoms with van der Waals surface area (Å²) in [5.74, 6) is -0.365. The highest BCUT2D eigenvalue weighted by Gasteiger charge is 2.50. The van der Waals surface area contributed by atoms with Gasteiger partial charge in [0.25, 0.3) is 0 Å². The second kappa shape index (κ2) is 6.29. The van der Waals surface area contributed by atoms with Crippen LogP contribution in [0.5, 0.6) is 0 Å². The number of nitrogens with one attached hydrogen (secondary N) is 1. The molecule has 1 aromatic rings. The van der Waals surface area contributed by atoms with Gasteiger partial charge in [-0.3, -0.25) is 9.59 Å². The molecular weight excluding hydrogens is 266 g/mol. The smallest absolute Gasteiger partial charge is 0.311 e. The summed E-state index contributed by atoms with van der Waals surface area (Å²) in [6.45, 7) is 4.56. The maximum absolute atomic E-state index is 11.8. The molecule has 21 heavy (non-hydrogen) atoms. The fraction of sp³-hybridized carbons (Fsp3) is 0.529. The zero-order chi connectivity index (χ0) is 15.5. The van der Waals surface area contributed by atoms with Crippen LogP contribution < -0.4 is 5.32 Å². The Labute approximate surface area is 125 Å². The molecule has 4 nitrogen and oxygen atoms in total. The number of rotatable bonds is 7. The van der Waals surface area contributed by atoms with Crippen molar-refractivity contribution >= 4 is 11.9 Å². The third-order valence-electron chi connectivity index (χ3n) is 4.22. The van der Waals surface area contributed by atoms with E-state index in [1.54, 1.807) is 0 Å². The van der Waals surface area contributed by atoms with Crippen molar-refractivity contribution in [2.45, 2.75) is 45.4 Å². The van der Waals surface area contributed by atoms with Gasteiger partial charge in [-0.25, -0.2) is 0 Å². The van der Waals surface area contributed by atoms with E-state index in [0.29, 0.717) is 31.6 Å². The van der Waals surface area contributed by atoms with Crippen LogP contribution in [0.25, 0.3) is 0 Å². The first-order valence-electron chi connectivity index (χ1n) is 7.52. The molecule has 1 aliphatic rings. The molecule has 2 N–H and O–H groups in total. The first-order valence-corrected chi connectivity index (χ1v) is 7.52. The summed E-state index contributed by atoms with van der Waals surface area (Å²) in [4.78, 5) is 22.8. The van der Waals surface area contributed by atoms with E-state index in [1.165, 1.54) is 5.56 Å². The third kappa shape index (κ3) is 4.06. The highest BCUT2D eigenvalue weighted by Crippen LogP contribution is 2.45. The van der Waals surface area contributed by atoms with Crippen LogP contribution in [0.1, 0.15) is 50.2 Å². The molecule has 0 atom stereocenters. The molecule has 1 aromatic carbocycles. The summed E-state index contributed by atoms with van der Waals surface area (Å²) in [5, 5.41) is 11.8. The Hall–Kier alpha value is -1.84. The van der Waals surface area contributed by atoms with Crippen molar-refractivity contribution in [3.05, 3.63) is 35.4 Å². The number of carboxylic acids is 1. The summed E-state index contributed by atoms with van der Waals surface area (Å²) < 4.78 is 0. The minimum atomic E-state index is -0.799. The second-order valence-corrected chi connectivity index (χ2v) is 6.26. The molecule has 0 bridgehead atoms. The van der Waals surface area contributed by atoms with Crippen LogP contribution in [0.4, 0.5) is 0 Å². The zero-order valence-corrected chi connectivity index (χ0v) is 12.7. The molecule has 2 rings (SSSR count). The molecule has 1 fully saturated rings. The van der Waals surface area contributed by atoms with Crippen LogP contribution in [0.2, 0.25) is 0 Å².